The largest absolute Gasteiger partial charge is 0.455 e. The van der Waals surface area contributed by atoms with Gasteiger partial charge in [0.1, 0.15) is 11.2 Å². The molecule has 11 aromatic rings. The van der Waals surface area contributed by atoms with Crippen LogP contribution in [0.25, 0.3) is 82.1 Å². The highest BCUT2D eigenvalue weighted by molar-refractivity contribution is 6.19. The Morgan fingerprint density at radius 2 is 1.02 bits per heavy atom. The molecule has 0 bridgehead atoms. The summed E-state index contributed by atoms with van der Waals surface area (Å²) in [5.41, 5.74) is 10.8. The molecule has 0 saturated heterocycles. The first-order valence-electron chi connectivity index (χ1n) is 18.1. The number of anilines is 3. The molecule has 0 fully saturated rings. The third-order valence-electron chi connectivity index (χ3n) is 10.8. The number of aromatic nitrogens is 1. The highest BCUT2D eigenvalue weighted by Crippen LogP contribution is 2.46. The first-order valence-corrected chi connectivity index (χ1v) is 18.1. The molecule has 53 heavy (non-hydrogen) atoms. The number of rotatable bonds is 5. The molecule has 0 spiro atoms. The van der Waals surface area contributed by atoms with Gasteiger partial charge in [-0.2, -0.15) is 0 Å². The van der Waals surface area contributed by atoms with Crippen LogP contribution in [0.2, 0.25) is 0 Å². The Hall–Kier alpha value is -7.10. The van der Waals surface area contributed by atoms with E-state index in [0.717, 1.165) is 61.2 Å². The average molecular weight is 677 g/mol. The summed E-state index contributed by atoms with van der Waals surface area (Å²) in [6, 6.07) is 69.8. The summed E-state index contributed by atoms with van der Waals surface area (Å²) in [6.45, 7) is 0. The molecule has 3 nitrogen and oxygen atoms in total. The molecule has 11 rings (SSSR count). The Kier molecular flexibility index (Phi) is 6.55. The fourth-order valence-corrected chi connectivity index (χ4v) is 8.44. The first kappa shape index (κ1) is 29.6. The molecule has 0 aliphatic heterocycles. The normalized spacial score (nSPS) is 11.8. The third-order valence-corrected chi connectivity index (χ3v) is 10.8. The summed E-state index contributed by atoms with van der Waals surface area (Å²) in [6.07, 6.45) is 0. The van der Waals surface area contributed by atoms with Crippen molar-refractivity contribution >= 4 is 82.4 Å². The van der Waals surface area contributed by atoms with E-state index in [4.69, 9.17) is 4.42 Å². The summed E-state index contributed by atoms with van der Waals surface area (Å²) < 4.78 is 9.03. The van der Waals surface area contributed by atoms with Crippen molar-refractivity contribution in [1.82, 2.24) is 4.57 Å². The highest BCUT2D eigenvalue weighted by Gasteiger charge is 2.23. The zero-order valence-electron chi connectivity index (χ0n) is 28.8. The molecule has 0 atom stereocenters. The molecule has 0 radical (unpaired) electrons. The minimum absolute atomic E-state index is 0.891. The second-order valence-corrected chi connectivity index (χ2v) is 13.7. The van der Waals surface area contributed by atoms with Crippen molar-refractivity contribution in [2.75, 3.05) is 4.90 Å². The van der Waals surface area contributed by atoms with E-state index in [1.54, 1.807) is 0 Å². The molecule has 2 aromatic heterocycles. The minimum atomic E-state index is 0.891. The fraction of sp³-hybridized carbons (Fsp3) is 0. The molecule has 0 N–H and O–H groups in total. The van der Waals surface area contributed by atoms with Gasteiger partial charge in [-0.3, -0.25) is 0 Å². The van der Waals surface area contributed by atoms with E-state index in [0.29, 0.717) is 0 Å². The van der Waals surface area contributed by atoms with Crippen LogP contribution in [0, 0.1) is 0 Å². The van der Waals surface area contributed by atoms with Crippen LogP contribution in [0.4, 0.5) is 17.1 Å². The Bertz CT molecular complexity index is 3140. The Morgan fingerprint density at radius 1 is 0.415 bits per heavy atom. The summed E-state index contributed by atoms with van der Waals surface area (Å²) in [5, 5.41) is 9.43. The summed E-state index contributed by atoms with van der Waals surface area (Å²) in [7, 11) is 0. The van der Waals surface area contributed by atoms with E-state index in [-0.39, 0.29) is 0 Å². The summed E-state index contributed by atoms with van der Waals surface area (Å²) >= 11 is 0. The van der Waals surface area contributed by atoms with Crippen LogP contribution in [-0.4, -0.2) is 4.57 Å². The number of para-hydroxylation sites is 4. The lowest BCUT2D eigenvalue weighted by Gasteiger charge is -2.30. The Balaban J connectivity index is 1.18. The average Bonchev–Trinajstić information content (AvgIpc) is 3.78. The Morgan fingerprint density at radius 3 is 1.83 bits per heavy atom. The van der Waals surface area contributed by atoms with Gasteiger partial charge in [0.05, 0.1) is 28.1 Å². The van der Waals surface area contributed by atoms with Gasteiger partial charge in [0.2, 0.25) is 0 Å². The summed E-state index contributed by atoms with van der Waals surface area (Å²) in [5.74, 6) is 0. The van der Waals surface area contributed by atoms with Crippen molar-refractivity contribution in [2.45, 2.75) is 0 Å². The molecule has 0 saturated carbocycles. The summed E-state index contributed by atoms with van der Waals surface area (Å²) in [4.78, 5) is 2.44. The van der Waals surface area contributed by atoms with Gasteiger partial charge < -0.3 is 13.9 Å². The maximum Gasteiger partial charge on any atom is 0.143 e. The monoisotopic (exact) mass is 676 g/mol. The molecule has 0 aliphatic rings. The van der Waals surface area contributed by atoms with Gasteiger partial charge in [-0.1, -0.05) is 140 Å². The van der Waals surface area contributed by atoms with Gasteiger partial charge in [0.15, 0.2) is 0 Å². The van der Waals surface area contributed by atoms with Crippen LogP contribution < -0.4 is 4.90 Å². The van der Waals surface area contributed by atoms with Crippen LogP contribution in [0.5, 0.6) is 0 Å². The van der Waals surface area contributed by atoms with E-state index in [9.17, 15) is 0 Å². The molecule has 0 amide bonds. The van der Waals surface area contributed by atoms with Crippen molar-refractivity contribution in [3.63, 3.8) is 0 Å². The number of hydrogen-bond donors (Lipinski definition) is 0. The standard InChI is InChI=1S/C50H32N2O/c1-3-19-37-33(14-1)16-12-28-43(37)51(46-26-9-10-27-47(46)52-44-24-7-5-21-40(44)41-22-6-8-25-45(41)52)36-18-11-17-35(32-36)38-23-13-29-48-49(38)42-31-30-34-15-2-4-20-39(34)50(42)53-48/h1-32H. The number of furan rings is 1. The topological polar surface area (TPSA) is 21.3 Å². The molecule has 248 valence electrons. The number of benzene rings is 9. The zero-order chi connectivity index (χ0) is 34.9. The lowest BCUT2D eigenvalue weighted by Crippen LogP contribution is -2.13. The lowest BCUT2D eigenvalue weighted by molar-refractivity contribution is 0.673. The van der Waals surface area contributed by atoms with Crippen molar-refractivity contribution in [3.8, 4) is 16.8 Å². The van der Waals surface area contributed by atoms with Gasteiger partial charge in [-0.05, 0) is 76.5 Å². The second-order valence-electron chi connectivity index (χ2n) is 13.7. The number of hydrogen-bond acceptors (Lipinski definition) is 2. The van der Waals surface area contributed by atoms with Crippen molar-refractivity contribution in [2.24, 2.45) is 0 Å². The van der Waals surface area contributed by atoms with Gasteiger partial charge in [-0.25, -0.2) is 0 Å². The maximum absolute atomic E-state index is 6.61. The van der Waals surface area contributed by atoms with Crippen molar-refractivity contribution in [3.05, 3.63) is 194 Å². The van der Waals surface area contributed by atoms with Crippen molar-refractivity contribution < 1.29 is 4.42 Å². The fourth-order valence-electron chi connectivity index (χ4n) is 8.44. The van der Waals surface area contributed by atoms with Gasteiger partial charge in [0.25, 0.3) is 0 Å². The number of nitrogens with zero attached hydrogens (tertiary/aromatic N) is 2. The smallest absolute Gasteiger partial charge is 0.143 e. The van der Waals surface area contributed by atoms with E-state index in [1.807, 2.05) is 0 Å². The van der Waals surface area contributed by atoms with Gasteiger partial charge in [-0.15, -0.1) is 0 Å². The number of fused-ring (bicyclic) bond motifs is 9. The predicted molar refractivity (Wildman–Crippen MR) is 223 cm³/mol. The second kappa shape index (κ2) is 11.7. The molecular formula is C50H32N2O. The molecule has 0 unspecified atom stereocenters. The van der Waals surface area contributed by atoms with Crippen molar-refractivity contribution in [1.29, 1.82) is 0 Å². The lowest BCUT2D eigenvalue weighted by atomic mass is 9.97. The first-order chi connectivity index (χ1) is 26.3. The minimum Gasteiger partial charge on any atom is -0.455 e. The van der Waals surface area contributed by atoms with Crippen LogP contribution in [0.1, 0.15) is 0 Å². The van der Waals surface area contributed by atoms with E-state index in [2.05, 4.69) is 204 Å². The van der Waals surface area contributed by atoms with Gasteiger partial charge in [0, 0.05) is 38.0 Å². The molecule has 9 aromatic carbocycles. The van der Waals surface area contributed by atoms with Crippen LogP contribution in [0.3, 0.4) is 0 Å². The van der Waals surface area contributed by atoms with E-state index < -0.39 is 0 Å². The van der Waals surface area contributed by atoms with E-state index in [1.165, 1.54) is 38.0 Å². The predicted octanol–water partition coefficient (Wildman–Crippen LogP) is 14.1. The quantitative estimate of drug-likeness (QED) is 0.181. The van der Waals surface area contributed by atoms with Gasteiger partial charge >= 0.3 is 0 Å². The molecule has 0 aliphatic carbocycles. The van der Waals surface area contributed by atoms with Crippen LogP contribution in [0.15, 0.2) is 199 Å². The van der Waals surface area contributed by atoms with Crippen LogP contribution in [-0.2, 0) is 0 Å². The molecule has 3 heteroatoms. The third kappa shape index (κ3) is 4.54. The van der Waals surface area contributed by atoms with E-state index >= 15 is 0 Å². The SMILES string of the molecule is c1cc(-c2cccc3oc4c5ccccc5ccc4c23)cc(N(c2ccccc2-n2c3ccccc3c3ccccc32)c2cccc3ccccc23)c1. The Labute approximate surface area is 306 Å². The highest BCUT2D eigenvalue weighted by atomic mass is 16.3. The molecule has 2 heterocycles. The zero-order valence-corrected chi connectivity index (χ0v) is 28.8. The molecular weight excluding hydrogens is 645 g/mol. The maximum atomic E-state index is 6.61. The van der Waals surface area contributed by atoms with Crippen LogP contribution >= 0.6 is 0 Å².